The number of hydrogen-bond donors (Lipinski definition) is 2. The molecule has 4 nitrogen and oxygen atoms in total. The number of rotatable bonds is 6. The SMILES string of the molecule is COCCCCC(=O)N[C@H]1c2ccccc2C[C@@H]1O. The summed E-state index contributed by atoms with van der Waals surface area (Å²) in [7, 11) is 1.66. The molecular formula is C15H21NO3. The molecule has 19 heavy (non-hydrogen) atoms. The number of carbonyl (C=O) groups excluding carboxylic acids is 1. The molecule has 2 rings (SSSR count). The van der Waals surface area contributed by atoms with E-state index in [2.05, 4.69) is 5.32 Å². The molecule has 0 radical (unpaired) electrons. The molecule has 0 bridgehead atoms. The van der Waals surface area contributed by atoms with E-state index in [-0.39, 0.29) is 11.9 Å². The standard InChI is InChI=1S/C15H21NO3/c1-19-9-5-4-8-14(18)16-15-12-7-3-2-6-11(12)10-13(15)17/h2-3,6-7,13,15,17H,4-5,8-10H2,1H3,(H,16,18)/t13-,15-/m0/s1. The molecule has 0 saturated carbocycles. The van der Waals surface area contributed by atoms with Crippen molar-refractivity contribution in [1.29, 1.82) is 0 Å². The maximum absolute atomic E-state index is 11.9. The average molecular weight is 263 g/mol. The van der Waals surface area contributed by atoms with Gasteiger partial charge in [0.25, 0.3) is 0 Å². The Morgan fingerprint density at radius 3 is 3.00 bits per heavy atom. The van der Waals surface area contributed by atoms with Crippen LogP contribution in [0.2, 0.25) is 0 Å². The first-order chi connectivity index (χ1) is 9.22. The van der Waals surface area contributed by atoms with Gasteiger partial charge in [-0.1, -0.05) is 24.3 Å². The third-order valence-corrected chi connectivity index (χ3v) is 3.52. The van der Waals surface area contributed by atoms with Gasteiger partial charge in [-0.3, -0.25) is 4.79 Å². The maximum Gasteiger partial charge on any atom is 0.220 e. The summed E-state index contributed by atoms with van der Waals surface area (Å²) in [6.45, 7) is 0.683. The normalized spacial score (nSPS) is 21.2. The molecule has 0 saturated heterocycles. The average Bonchev–Trinajstić information content (AvgIpc) is 2.72. The zero-order valence-electron chi connectivity index (χ0n) is 11.3. The van der Waals surface area contributed by atoms with Gasteiger partial charge in [0, 0.05) is 26.6 Å². The second-order valence-corrected chi connectivity index (χ2v) is 4.97. The van der Waals surface area contributed by atoms with E-state index in [4.69, 9.17) is 4.74 Å². The van der Waals surface area contributed by atoms with E-state index in [1.807, 2.05) is 24.3 Å². The minimum Gasteiger partial charge on any atom is -0.390 e. The molecule has 104 valence electrons. The van der Waals surface area contributed by atoms with Gasteiger partial charge >= 0.3 is 0 Å². The van der Waals surface area contributed by atoms with Gasteiger partial charge in [0.15, 0.2) is 0 Å². The molecule has 1 amide bonds. The highest BCUT2D eigenvalue weighted by Gasteiger charge is 2.31. The van der Waals surface area contributed by atoms with Crippen molar-refractivity contribution in [3.63, 3.8) is 0 Å². The number of hydrogen-bond acceptors (Lipinski definition) is 3. The Morgan fingerprint density at radius 2 is 2.21 bits per heavy atom. The summed E-state index contributed by atoms with van der Waals surface area (Å²) in [5.74, 6) is -0.00291. The smallest absolute Gasteiger partial charge is 0.220 e. The van der Waals surface area contributed by atoms with Crippen molar-refractivity contribution in [2.45, 2.75) is 37.8 Å². The molecule has 0 fully saturated rings. The van der Waals surface area contributed by atoms with Crippen LogP contribution in [0.25, 0.3) is 0 Å². The number of methoxy groups -OCH3 is 1. The Bertz CT molecular complexity index is 433. The molecule has 1 aliphatic rings. The van der Waals surface area contributed by atoms with Crippen LogP contribution in [-0.4, -0.2) is 30.8 Å². The van der Waals surface area contributed by atoms with E-state index in [1.165, 1.54) is 0 Å². The second-order valence-electron chi connectivity index (χ2n) is 4.97. The molecule has 0 unspecified atom stereocenters. The summed E-state index contributed by atoms with van der Waals surface area (Å²) in [5, 5.41) is 13.0. The third-order valence-electron chi connectivity index (χ3n) is 3.52. The predicted octanol–water partition coefficient (Wildman–Crippen LogP) is 1.58. The molecule has 1 aromatic rings. The van der Waals surface area contributed by atoms with Crippen LogP contribution in [0.3, 0.4) is 0 Å². The summed E-state index contributed by atoms with van der Waals surface area (Å²) in [5.41, 5.74) is 2.17. The molecule has 0 aliphatic heterocycles. The number of aliphatic hydroxyl groups is 1. The van der Waals surface area contributed by atoms with Crippen molar-refractivity contribution < 1.29 is 14.6 Å². The predicted molar refractivity (Wildman–Crippen MR) is 72.8 cm³/mol. The van der Waals surface area contributed by atoms with Crippen LogP contribution in [0.5, 0.6) is 0 Å². The van der Waals surface area contributed by atoms with Crippen molar-refractivity contribution in [3.8, 4) is 0 Å². The summed E-state index contributed by atoms with van der Waals surface area (Å²) in [6.07, 6.45) is 2.28. The van der Waals surface area contributed by atoms with E-state index >= 15 is 0 Å². The van der Waals surface area contributed by atoms with Gasteiger partial charge in [-0.05, 0) is 24.0 Å². The van der Waals surface area contributed by atoms with E-state index in [0.717, 1.165) is 24.0 Å². The van der Waals surface area contributed by atoms with Crippen LogP contribution in [0, 0.1) is 0 Å². The first-order valence-electron chi connectivity index (χ1n) is 6.76. The van der Waals surface area contributed by atoms with Gasteiger partial charge in [0.05, 0.1) is 12.1 Å². The zero-order valence-corrected chi connectivity index (χ0v) is 11.3. The van der Waals surface area contributed by atoms with Crippen LogP contribution >= 0.6 is 0 Å². The first kappa shape index (κ1) is 14.0. The number of amides is 1. The van der Waals surface area contributed by atoms with E-state index in [1.54, 1.807) is 7.11 Å². The fourth-order valence-corrected chi connectivity index (χ4v) is 2.53. The summed E-state index contributed by atoms with van der Waals surface area (Å²) in [4.78, 5) is 11.9. The van der Waals surface area contributed by atoms with Crippen molar-refractivity contribution in [2.24, 2.45) is 0 Å². The van der Waals surface area contributed by atoms with Gasteiger partial charge in [0.1, 0.15) is 0 Å². The van der Waals surface area contributed by atoms with Crippen LogP contribution in [0.1, 0.15) is 36.4 Å². The highest BCUT2D eigenvalue weighted by Crippen LogP contribution is 2.31. The van der Waals surface area contributed by atoms with Crippen LogP contribution < -0.4 is 5.32 Å². The van der Waals surface area contributed by atoms with Crippen molar-refractivity contribution >= 4 is 5.91 Å². The Hall–Kier alpha value is -1.39. The number of nitrogens with one attached hydrogen (secondary N) is 1. The van der Waals surface area contributed by atoms with Gasteiger partial charge in [-0.25, -0.2) is 0 Å². The Labute approximate surface area is 113 Å². The number of fused-ring (bicyclic) bond motifs is 1. The first-order valence-corrected chi connectivity index (χ1v) is 6.76. The molecule has 0 aromatic heterocycles. The fraction of sp³-hybridized carbons (Fsp3) is 0.533. The fourth-order valence-electron chi connectivity index (χ4n) is 2.53. The number of carbonyl (C=O) groups is 1. The van der Waals surface area contributed by atoms with Crippen molar-refractivity contribution in [2.75, 3.05) is 13.7 Å². The molecule has 4 heteroatoms. The van der Waals surface area contributed by atoms with E-state index < -0.39 is 6.10 Å². The van der Waals surface area contributed by atoms with Crippen LogP contribution in [0.4, 0.5) is 0 Å². The molecule has 0 heterocycles. The van der Waals surface area contributed by atoms with Crippen molar-refractivity contribution in [1.82, 2.24) is 5.32 Å². The highest BCUT2D eigenvalue weighted by atomic mass is 16.5. The van der Waals surface area contributed by atoms with Gasteiger partial charge < -0.3 is 15.2 Å². The summed E-state index contributed by atoms with van der Waals surface area (Å²) >= 11 is 0. The quantitative estimate of drug-likeness (QED) is 0.766. The van der Waals surface area contributed by atoms with Gasteiger partial charge in [-0.2, -0.15) is 0 Å². The Balaban J connectivity index is 1.87. The lowest BCUT2D eigenvalue weighted by Crippen LogP contribution is -2.33. The van der Waals surface area contributed by atoms with Crippen LogP contribution in [-0.2, 0) is 16.0 Å². The van der Waals surface area contributed by atoms with Crippen molar-refractivity contribution in [3.05, 3.63) is 35.4 Å². The zero-order chi connectivity index (χ0) is 13.7. The number of aliphatic hydroxyl groups excluding tert-OH is 1. The molecule has 2 atom stereocenters. The second kappa shape index (κ2) is 6.68. The van der Waals surface area contributed by atoms with Gasteiger partial charge in [0.2, 0.25) is 5.91 Å². The van der Waals surface area contributed by atoms with Gasteiger partial charge in [-0.15, -0.1) is 0 Å². The molecule has 1 aliphatic carbocycles. The van der Waals surface area contributed by atoms with E-state index in [0.29, 0.717) is 19.4 Å². The molecule has 1 aromatic carbocycles. The largest absolute Gasteiger partial charge is 0.390 e. The Kier molecular flexibility index (Phi) is 4.93. The molecule has 2 N–H and O–H groups in total. The summed E-state index contributed by atoms with van der Waals surface area (Å²) < 4.78 is 4.95. The number of benzene rings is 1. The lowest BCUT2D eigenvalue weighted by atomic mass is 10.1. The molecular weight excluding hydrogens is 242 g/mol. The number of ether oxygens (including phenoxy) is 1. The third kappa shape index (κ3) is 3.55. The van der Waals surface area contributed by atoms with E-state index in [9.17, 15) is 9.90 Å². The van der Waals surface area contributed by atoms with Crippen LogP contribution in [0.15, 0.2) is 24.3 Å². The lowest BCUT2D eigenvalue weighted by Gasteiger charge is -2.17. The summed E-state index contributed by atoms with van der Waals surface area (Å²) in [6, 6.07) is 7.62. The number of unbranched alkanes of at least 4 members (excludes halogenated alkanes) is 1. The maximum atomic E-state index is 11.9. The minimum absolute atomic E-state index is 0.00291. The Morgan fingerprint density at radius 1 is 1.42 bits per heavy atom. The molecule has 0 spiro atoms. The highest BCUT2D eigenvalue weighted by molar-refractivity contribution is 5.76. The lowest BCUT2D eigenvalue weighted by molar-refractivity contribution is -0.122. The minimum atomic E-state index is -0.514. The monoisotopic (exact) mass is 263 g/mol. The topological polar surface area (TPSA) is 58.6 Å².